The van der Waals surface area contributed by atoms with Gasteiger partial charge >= 0.3 is 0 Å². The van der Waals surface area contributed by atoms with Crippen molar-refractivity contribution >= 4 is 31.9 Å². The fourth-order valence-electron chi connectivity index (χ4n) is 1.12. The maximum absolute atomic E-state index is 9.42. The van der Waals surface area contributed by atoms with E-state index in [9.17, 15) is 10.2 Å². The third-order valence-corrected chi connectivity index (χ3v) is 4.22. The van der Waals surface area contributed by atoms with Crippen molar-refractivity contribution in [3.63, 3.8) is 0 Å². The molecule has 1 unspecified atom stereocenters. The Hall–Kier alpha value is -0.340. The van der Waals surface area contributed by atoms with Gasteiger partial charge in [-0.05, 0) is 43.5 Å². The zero-order chi connectivity index (χ0) is 13.0. The fourth-order valence-corrected chi connectivity index (χ4v) is 1.99. The van der Waals surface area contributed by atoms with Gasteiger partial charge in [0.25, 0.3) is 0 Å². The van der Waals surface area contributed by atoms with Crippen LogP contribution in [0.5, 0.6) is 11.5 Å². The molecule has 0 bridgehead atoms. The van der Waals surface area contributed by atoms with E-state index in [1.165, 1.54) is 6.07 Å². The zero-order valence-electron chi connectivity index (χ0n) is 8.73. The predicted octanol–water partition coefficient (Wildman–Crippen LogP) is 1.49. The van der Waals surface area contributed by atoms with E-state index in [1.54, 1.807) is 0 Å². The molecular formula is C10H12Br2O5. The Labute approximate surface area is 115 Å². The summed E-state index contributed by atoms with van der Waals surface area (Å²) in [5, 5.41) is 36.5. The van der Waals surface area contributed by atoms with Crippen molar-refractivity contribution in [1.29, 1.82) is 0 Å². The van der Waals surface area contributed by atoms with Crippen molar-refractivity contribution in [2.75, 3.05) is 13.2 Å². The summed E-state index contributed by atoms with van der Waals surface area (Å²) in [5.74, 6) is -0.516. The summed E-state index contributed by atoms with van der Waals surface area (Å²) in [6.45, 7) is -0.252. The van der Waals surface area contributed by atoms with Crippen molar-refractivity contribution in [2.45, 2.75) is 12.7 Å². The minimum Gasteiger partial charge on any atom is -0.504 e. The first-order chi connectivity index (χ1) is 7.97. The molecule has 0 radical (unpaired) electrons. The highest BCUT2D eigenvalue weighted by Crippen LogP contribution is 2.41. The van der Waals surface area contributed by atoms with Crippen molar-refractivity contribution < 1.29 is 25.2 Å². The highest BCUT2D eigenvalue weighted by atomic mass is 79.9. The lowest BCUT2D eigenvalue weighted by Crippen LogP contribution is -2.19. The monoisotopic (exact) mass is 370 g/mol. The maximum atomic E-state index is 9.42. The highest BCUT2D eigenvalue weighted by molar-refractivity contribution is 9.13. The zero-order valence-corrected chi connectivity index (χ0v) is 11.9. The number of rotatable bonds is 5. The van der Waals surface area contributed by atoms with Crippen LogP contribution in [0, 0.1) is 0 Å². The van der Waals surface area contributed by atoms with Crippen LogP contribution in [0.3, 0.4) is 0 Å². The number of halogens is 2. The second-order valence-electron chi connectivity index (χ2n) is 3.38. The Morgan fingerprint density at radius 3 is 2.47 bits per heavy atom. The molecule has 5 nitrogen and oxygen atoms in total. The molecular weight excluding hydrogens is 360 g/mol. The minimum atomic E-state index is -0.928. The molecule has 0 saturated carbocycles. The molecule has 1 atom stereocenters. The van der Waals surface area contributed by atoms with Crippen LogP contribution >= 0.6 is 31.9 Å². The molecule has 0 aliphatic rings. The van der Waals surface area contributed by atoms with Gasteiger partial charge < -0.3 is 25.2 Å². The van der Waals surface area contributed by atoms with Crippen LogP contribution in [0.2, 0.25) is 0 Å². The van der Waals surface area contributed by atoms with E-state index in [2.05, 4.69) is 31.9 Å². The third kappa shape index (κ3) is 3.82. The van der Waals surface area contributed by atoms with E-state index in [0.717, 1.165) is 0 Å². The first-order valence-corrected chi connectivity index (χ1v) is 6.31. The standard InChI is InChI=1S/C10H12Br2O5/c11-8-5(3-17-4-6(14)2-13)1-7(15)10(16)9(8)12/h1,6,13-16H,2-4H2. The third-order valence-electron chi connectivity index (χ3n) is 2.01. The Bertz CT molecular complexity index is 397. The van der Waals surface area contributed by atoms with E-state index >= 15 is 0 Å². The first kappa shape index (κ1) is 14.7. The van der Waals surface area contributed by atoms with E-state index in [1.807, 2.05) is 0 Å². The van der Waals surface area contributed by atoms with Gasteiger partial charge in [0.15, 0.2) is 11.5 Å². The molecule has 17 heavy (non-hydrogen) atoms. The predicted molar refractivity (Wildman–Crippen MR) is 67.9 cm³/mol. The first-order valence-electron chi connectivity index (χ1n) is 4.72. The molecule has 1 aromatic carbocycles. The van der Waals surface area contributed by atoms with Gasteiger partial charge in [-0.1, -0.05) is 0 Å². The lowest BCUT2D eigenvalue weighted by molar-refractivity contribution is -0.000172. The largest absolute Gasteiger partial charge is 0.504 e. The van der Waals surface area contributed by atoms with Crippen LogP contribution in [0.1, 0.15) is 5.56 Å². The highest BCUT2D eigenvalue weighted by Gasteiger charge is 2.14. The van der Waals surface area contributed by atoms with Gasteiger partial charge in [0.1, 0.15) is 6.10 Å². The van der Waals surface area contributed by atoms with Crippen molar-refractivity contribution in [2.24, 2.45) is 0 Å². The van der Waals surface area contributed by atoms with Gasteiger partial charge in [0.2, 0.25) is 0 Å². The topological polar surface area (TPSA) is 90.2 Å². The minimum absolute atomic E-state index is 0.0117. The molecule has 0 aliphatic heterocycles. The number of benzene rings is 1. The Kier molecular flexibility index (Phi) is 5.68. The summed E-state index contributed by atoms with van der Waals surface area (Å²) in [7, 11) is 0. The maximum Gasteiger partial charge on any atom is 0.173 e. The number of aliphatic hydroxyl groups is 2. The number of hydrogen-bond donors (Lipinski definition) is 4. The number of phenols is 2. The van der Waals surface area contributed by atoms with Gasteiger partial charge in [-0.15, -0.1) is 0 Å². The summed E-state index contributed by atoms with van der Waals surface area (Å²) in [6.07, 6.45) is -0.928. The second-order valence-corrected chi connectivity index (χ2v) is 4.97. The average Bonchev–Trinajstić information content (AvgIpc) is 2.32. The molecule has 1 rings (SSSR count). The number of ether oxygens (including phenoxy) is 1. The van der Waals surface area contributed by atoms with Gasteiger partial charge in [0.05, 0.1) is 24.3 Å². The summed E-state index contributed by atoms with van der Waals surface area (Å²) >= 11 is 6.35. The molecule has 96 valence electrons. The van der Waals surface area contributed by atoms with Crippen molar-refractivity contribution in [3.05, 3.63) is 20.6 Å². The number of phenolic OH excluding ortho intramolecular Hbond substituents is 2. The smallest absolute Gasteiger partial charge is 0.173 e. The van der Waals surface area contributed by atoms with Gasteiger partial charge in [-0.2, -0.15) is 0 Å². The SMILES string of the molecule is OCC(O)COCc1cc(O)c(O)c(Br)c1Br. The Balaban J connectivity index is 2.72. The van der Waals surface area contributed by atoms with Crippen LogP contribution in [-0.2, 0) is 11.3 Å². The molecule has 0 aliphatic carbocycles. The van der Waals surface area contributed by atoms with Crippen LogP contribution in [0.15, 0.2) is 15.0 Å². The molecule has 4 N–H and O–H groups in total. The number of aromatic hydroxyl groups is 2. The van der Waals surface area contributed by atoms with Crippen molar-refractivity contribution in [1.82, 2.24) is 0 Å². The van der Waals surface area contributed by atoms with E-state index in [-0.39, 0.29) is 31.3 Å². The molecule has 1 aromatic rings. The van der Waals surface area contributed by atoms with E-state index in [4.69, 9.17) is 14.9 Å². The summed E-state index contributed by atoms with van der Waals surface area (Å²) in [4.78, 5) is 0. The lowest BCUT2D eigenvalue weighted by atomic mass is 10.2. The molecule has 0 spiro atoms. The quantitative estimate of drug-likeness (QED) is 0.589. The van der Waals surface area contributed by atoms with Gasteiger partial charge in [-0.3, -0.25) is 0 Å². The fraction of sp³-hybridized carbons (Fsp3) is 0.400. The lowest BCUT2D eigenvalue weighted by Gasteiger charge is -2.12. The molecule has 7 heteroatoms. The number of hydrogen-bond acceptors (Lipinski definition) is 5. The summed E-state index contributed by atoms with van der Waals surface area (Å²) < 4.78 is 6.04. The Morgan fingerprint density at radius 2 is 1.88 bits per heavy atom. The second kappa shape index (κ2) is 6.55. The summed E-state index contributed by atoms with van der Waals surface area (Å²) in [5.41, 5.74) is 0.609. The Morgan fingerprint density at radius 1 is 1.24 bits per heavy atom. The molecule has 0 aromatic heterocycles. The molecule has 0 fully saturated rings. The van der Waals surface area contributed by atoms with E-state index < -0.39 is 6.10 Å². The summed E-state index contributed by atoms with van der Waals surface area (Å²) in [6, 6.07) is 1.36. The van der Waals surface area contributed by atoms with Gasteiger partial charge in [0, 0.05) is 4.47 Å². The van der Waals surface area contributed by atoms with Gasteiger partial charge in [-0.25, -0.2) is 0 Å². The van der Waals surface area contributed by atoms with Crippen LogP contribution < -0.4 is 0 Å². The van der Waals surface area contributed by atoms with Crippen LogP contribution in [0.4, 0.5) is 0 Å². The molecule has 0 amide bonds. The van der Waals surface area contributed by atoms with Crippen LogP contribution in [-0.4, -0.2) is 39.7 Å². The molecule has 0 heterocycles. The number of aliphatic hydroxyl groups excluding tert-OH is 2. The van der Waals surface area contributed by atoms with Crippen LogP contribution in [0.25, 0.3) is 0 Å². The average molecular weight is 372 g/mol. The molecule has 0 saturated heterocycles. The normalized spacial score (nSPS) is 12.7. The van der Waals surface area contributed by atoms with Crippen molar-refractivity contribution in [3.8, 4) is 11.5 Å². The van der Waals surface area contributed by atoms with E-state index in [0.29, 0.717) is 14.5 Å².